The summed E-state index contributed by atoms with van der Waals surface area (Å²) in [7, 11) is -1.44. The second-order valence-electron chi connectivity index (χ2n) is 5.79. The fraction of sp³-hybridized carbons (Fsp3) is 0.294. The molecule has 0 saturated carbocycles. The molecule has 1 heterocycles. The maximum atomic E-state index is 12.7. The van der Waals surface area contributed by atoms with E-state index >= 15 is 0 Å². The summed E-state index contributed by atoms with van der Waals surface area (Å²) < 4.78 is 67.8. The maximum Gasteiger partial charge on any atom is 0.416 e. The van der Waals surface area contributed by atoms with E-state index < -0.39 is 43.3 Å². The van der Waals surface area contributed by atoms with Crippen LogP contribution in [0.4, 0.5) is 18.9 Å². The lowest BCUT2D eigenvalue weighted by Crippen LogP contribution is -2.27. The van der Waals surface area contributed by atoms with Crippen LogP contribution in [0.15, 0.2) is 41.4 Å². The third-order valence-corrected chi connectivity index (χ3v) is 5.70. The maximum absolute atomic E-state index is 12.7. The monoisotopic (exact) mass is 467 g/mol. The van der Waals surface area contributed by atoms with E-state index in [-0.39, 0.29) is 18.1 Å². The van der Waals surface area contributed by atoms with Crippen LogP contribution in [-0.2, 0) is 25.6 Å². The van der Waals surface area contributed by atoms with Gasteiger partial charge in [-0.05, 0) is 30.3 Å². The number of ether oxygens (including phenoxy) is 1. The van der Waals surface area contributed by atoms with Crippen LogP contribution in [0.5, 0.6) is 0 Å². The van der Waals surface area contributed by atoms with Gasteiger partial charge in [0.05, 0.1) is 28.3 Å². The lowest BCUT2D eigenvalue weighted by molar-refractivity contribution is -0.137. The molecule has 2 aromatic rings. The summed E-state index contributed by atoms with van der Waals surface area (Å²) >= 11 is 5.72. The molecule has 1 N–H and O–H groups in total. The van der Waals surface area contributed by atoms with Crippen LogP contribution >= 0.6 is 11.6 Å². The van der Waals surface area contributed by atoms with Crippen LogP contribution < -0.4 is 5.32 Å². The highest BCUT2D eigenvalue weighted by Crippen LogP contribution is 2.33. The van der Waals surface area contributed by atoms with Gasteiger partial charge in [-0.3, -0.25) is 9.63 Å². The first-order valence-electron chi connectivity index (χ1n) is 8.15. The lowest BCUT2D eigenvalue weighted by atomic mass is 10.2. The SMILES string of the molecule is CON(C)C(=O)c1ncccc1NCOCS(=O)(=O)c1ccc(C(F)(F)F)cc1Cl. The fourth-order valence-corrected chi connectivity index (χ4v) is 3.82. The molecule has 0 aliphatic heterocycles. The van der Waals surface area contributed by atoms with Crippen molar-refractivity contribution in [2.75, 3.05) is 32.1 Å². The molecule has 0 spiro atoms. The van der Waals surface area contributed by atoms with Gasteiger partial charge in [0.1, 0.15) is 6.73 Å². The second kappa shape index (κ2) is 9.60. The van der Waals surface area contributed by atoms with E-state index in [2.05, 4.69) is 10.3 Å². The number of carbonyl (C=O) groups is 1. The molecule has 30 heavy (non-hydrogen) atoms. The van der Waals surface area contributed by atoms with E-state index in [0.29, 0.717) is 12.1 Å². The first-order valence-corrected chi connectivity index (χ1v) is 10.2. The van der Waals surface area contributed by atoms with Gasteiger partial charge in [-0.15, -0.1) is 0 Å². The van der Waals surface area contributed by atoms with Gasteiger partial charge in [0, 0.05) is 13.2 Å². The highest BCUT2D eigenvalue weighted by Gasteiger charge is 2.32. The first-order chi connectivity index (χ1) is 14.0. The first kappa shape index (κ1) is 23.9. The minimum atomic E-state index is -4.65. The molecule has 1 aromatic carbocycles. The van der Waals surface area contributed by atoms with Gasteiger partial charge in [0.15, 0.2) is 11.6 Å². The van der Waals surface area contributed by atoms with Gasteiger partial charge < -0.3 is 10.1 Å². The van der Waals surface area contributed by atoms with Gasteiger partial charge in [0.2, 0.25) is 9.84 Å². The Hall–Kier alpha value is -2.41. The molecule has 0 radical (unpaired) electrons. The number of benzene rings is 1. The Bertz CT molecular complexity index is 1020. The van der Waals surface area contributed by atoms with Crippen LogP contribution in [0.25, 0.3) is 0 Å². The molecule has 1 amide bonds. The van der Waals surface area contributed by atoms with Crippen molar-refractivity contribution in [2.24, 2.45) is 0 Å². The smallest absolute Gasteiger partial charge is 0.361 e. The van der Waals surface area contributed by atoms with Gasteiger partial charge in [-0.25, -0.2) is 18.5 Å². The molecule has 0 aliphatic carbocycles. The second-order valence-corrected chi connectivity index (χ2v) is 8.10. The van der Waals surface area contributed by atoms with Crippen LogP contribution in [0.1, 0.15) is 16.1 Å². The zero-order valence-corrected chi connectivity index (χ0v) is 17.3. The van der Waals surface area contributed by atoms with Crippen molar-refractivity contribution in [2.45, 2.75) is 11.1 Å². The van der Waals surface area contributed by atoms with E-state index in [1.54, 1.807) is 6.07 Å². The van der Waals surface area contributed by atoms with Crippen LogP contribution in [0.3, 0.4) is 0 Å². The Labute approximate surface area is 175 Å². The molecule has 0 atom stereocenters. The average molecular weight is 468 g/mol. The summed E-state index contributed by atoms with van der Waals surface area (Å²) in [6.45, 7) is -0.333. The van der Waals surface area contributed by atoms with Crippen molar-refractivity contribution in [1.82, 2.24) is 10.0 Å². The zero-order valence-electron chi connectivity index (χ0n) is 15.7. The number of nitrogens with zero attached hydrogens (tertiary/aromatic N) is 2. The molecule has 2 rings (SSSR count). The highest BCUT2D eigenvalue weighted by atomic mass is 35.5. The minimum absolute atomic E-state index is 0.0130. The number of nitrogens with one attached hydrogen (secondary N) is 1. The predicted octanol–water partition coefficient (Wildman–Crippen LogP) is 3.20. The van der Waals surface area contributed by atoms with E-state index in [0.717, 1.165) is 11.1 Å². The largest absolute Gasteiger partial charge is 0.416 e. The molecule has 0 saturated heterocycles. The number of hydrogen-bond acceptors (Lipinski definition) is 7. The van der Waals surface area contributed by atoms with Crippen LogP contribution in [0, 0.1) is 0 Å². The lowest BCUT2D eigenvalue weighted by Gasteiger charge is -2.16. The van der Waals surface area contributed by atoms with E-state index in [4.69, 9.17) is 21.2 Å². The Morgan fingerprint density at radius 1 is 1.30 bits per heavy atom. The van der Waals surface area contributed by atoms with Crippen LogP contribution in [-0.4, -0.2) is 51.2 Å². The number of rotatable bonds is 8. The number of carbonyl (C=O) groups excluding carboxylic acids is 1. The van der Waals surface area contributed by atoms with Gasteiger partial charge in [-0.1, -0.05) is 11.6 Å². The Kier molecular flexibility index (Phi) is 7.64. The summed E-state index contributed by atoms with van der Waals surface area (Å²) in [6, 6.07) is 5.00. The van der Waals surface area contributed by atoms with Crippen LogP contribution in [0.2, 0.25) is 5.02 Å². The number of hydrogen-bond donors (Lipinski definition) is 1. The predicted molar refractivity (Wildman–Crippen MR) is 101 cm³/mol. The van der Waals surface area contributed by atoms with Crippen molar-refractivity contribution >= 4 is 33.0 Å². The topological polar surface area (TPSA) is 97.8 Å². The van der Waals surface area contributed by atoms with Crippen molar-refractivity contribution in [1.29, 1.82) is 0 Å². The number of sulfone groups is 1. The molecular weight excluding hydrogens is 451 g/mol. The number of anilines is 1. The molecule has 0 fully saturated rings. The Morgan fingerprint density at radius 3 is 2.60 bits per heavy atom. The average Bonchev–Trinajstić information content (AvgIpc) is 2.69. The van der Waals surface area contributed by atoms with Crippen molar-refractivity contribution in [3.05, 3.63) is 52.8 Å². The van der Waals surface area contributed by atoms with E-state index in [1.807, 2.05) is 0 Å². The highest BCUT2D eigenvalue weighted by molar-refractivity contribution is 7.91. The van der Waals surface area contributed by atoms with Gasteiger partial charge in [-0.2, -0.15) is 13.2 Å². The van der Waals surface area contributed by atoms with Crippen molar-refractivity contribution in [3.63, 3.8) is 0 Å². The molecule has 0 bridgehead atoms. The van der Waals surface area contributed by atoms with Gasteiger partial charge in [0.25, 0.3) is 5.91 Å². The number of hydroxylamine groups is 2. The molecule has 0 aliphatic rings. The third-order valence-electron chi connectivity index (χ3n) is 3.77. The molecular formula is C17H17ClF3N3O5S. The van der Waals surface area contributed by atoms with E-state index in [9.17, 15) is 26.4 Å². The number of aromatic nitrogens is 1. The van der Waals surface area contributed by atoms with Crippen molar-refractivity contribution < 1.29 is 36.0 Å². The molecule has 0 unspecified atom stereocenters. The zero-order chi connectivity index (χ0) is 22.5. The quantitative estimate of drug-likeness (QED) is 0.361. The Balaban J connectivity index is 2.04. The van der Waals surface area contributed by atoms with Gasteiger partial charge >= 0.3 is 6.18 Å². The summed E-state index contributed by atoms with van der Waals surface area (Å²) in [5.41, 5.74) is -0.792. The normalized spacial score (nSPS) is 11.9. The molecule has 164 valence electrons. The van der Waals surface area contributed by atoms with Crippen molar-refractivity contribution in [3.8, 4) is 0 Å². The third kappa shape index (κ3) is 5.81. The Morgan fingerprint density at radius 2 is 2.00 bits per heavy atom. The summed E-state index contributed by atoms with van der Waals surface area (Å²) in [5.74, 6) is -1.41. The molecule has 8 nitrogen and oxygen atoms in total. The molecule has 13 heteroatoms. The summed E-state index contributed by atoms with van der Waals surface area (Å²) in [5, 5.41) is 3.09. The summed E-state index contributed by atoms with van der Waals surface area (Å²) in [4.78, 5) is 20.4. The number of alkyl halides is 3. The number of amides is 1. The number of pyridine rings is 1. The standard InChI is InChI=1S/C17H17ClF3N3O5S/c1-24(28-2)16(25)15-13(4-3-7-22-15)23-9-29-10-30(26,27)14-6-5-11(8-12(14)18)17(19,20)21/h3-8,23H,9-10H2,1-2H3. The fourth-order valence-electron chi connectivity index (χ4n) is 2.22. The minimum Gasteiger partial charge on any atom is -0.361 e. The number of halogens is 4. The molecule has 1 aromatic heterocycles. The summed E-state index contributed by atoms with van der Waals surface area (Å²) in [6.07, 6.45) is -3.26. The van der Waals surface area contributed by atoms with E-state index in [1.165, 1.54) is 26.4 Å².